The van der Waals surface area contributed by atoms with E-state index in [1.807, 2.05) is 38.1 Å². The third kappa shape index (κ3) is 4.63. The van der Waals surface area contributed by atoms with E-state index in [2.05, 4.69) is 15.9 Å². The average Bonchev–Trinajstić information content (AvgIpc) is 2.40. The molecular formula is C15H21BrN2O2. The second kappa shape index (κ2) is 8.04. The molecule has 0 atom stereocenters. The highest BCUT2D eigenvalue weighted by atomic mass is 79.9. The Morgan fingerprint density at radius 1 is 1.20 bits per heavy atom. The normalized spacial score (nSPS) is 10.2. The van der Waals surface area contributed by atoms with Gasteiger partial charge in [0.25, 0.3) is 0 Å². The van der Waals surface area contributed by atoms with Crippen molar-refractivity contribution in [3.63, 3.8) is 0 Å². The van der Waals surface area contributed by atoms with Crippen LogP contribution in [0.1, 0.15) is 27.2 Å². The summed E-state index contributed by atoms with van der Waals surface area (Å²) in [5.74, 6) is 0.0201. The fourth-order valence-corrected chi connectivity index (χ4v) is 2.44. The molecule has 0 saturated heterocycles. The molecule has 0 aliphatic carbocycles. The van der Waals surface area contributed by atoms with E-state index in [1.54, 1.807) is 9.80 Å². The molecule has 0 aliphatic heterocycles. The van der Waals surface area contributed by atoms with Crippen molar-refractivity contribution >= 4 is 33.4 Å². The number of carbonyl (C=O) groups excluding carboxylic acids is 2. The Bertz CT molecular complexity index is 473. The van der Waals surface area contributed by atoms with Crippen molar-refractivity contribution in [2.24, 2.45) is 0 Å². The van der Waals surface area contributed by atoms with Gasteiger partial charge in [-0.3, -0.25) is 9.59 Å². The minimum atomic E-state index is -0.0598. The summed E-state index contributed by atoms with van der Waals surface area (Å²) in [6.45, 7) is 7.24. The molecule has 0 unspecified atom stereocenters. The third-order valence-electron chi connectivity index (χ3n) is 3.17. The first-order valence-corrected chi connectivity index (χ1v) is 7.60. The van der Waals surface area contributed by atoms with Crippen LogP contribution < -0.4 is 4.90 Å². The Balaban J connectivity index is 2.74. The molecular weight excluding hydrogens is 320 g/mol. The zero-order valence-electron chi connectivity index (χ0n) is 12.2. The first-order valence-electron chi connectivity index (χ1n) is 6.81. The first-order chi connectivity index (χ1) is 9.49. The number of hydrogen-bond donors (Lipinski definition) is 0. The van der Waals surface area contributed by atoms with Crippen molar-refractivity contribution in [2.45, 2.75) is 27.2 Å². The van der Waals surface area contributed by atoms with Gasteiger partial charge in [0.2, 0.25) is 11.8 Å². The summed E-state index contributed by atoms with van der Waals surface area (Å²) in [5.41, 5.74) is 0.805. The van der Waals surface area contributed by atoms with Crippen LogP contribution >= 0.6 is 15.9 Å². The Morgan fingerprint density at radius 2 is 1.85 bits per heavy atom. The minimum Gasteiger partial charge on any atom is -0.343 e. The van der Waals surface area contributed by atoms with Gasteiger partial charge in [-0.15, -0.1) is 0 Å². The molecule has 5 heteroatoms. The summed E-state index contributed by atoms with van der Waals surface area (Å²) in [7, 11) is 0. The predicted molar refractivity (Wildman–Crippen MR) is 84.7 cm³/mol. The van der Waals surface area contributed by atoms with Gasteiger partial charge in [0.15, 0.2) is 0 Å². The van der Waals surface area contributed by atoms with E-state index >= 15 is 0 Å². The molecule has 0 bridgehead atoms. The molecule has 2 amide bonds. The smallest absolute Gasteiger partial charge is 0.224 e. The topological polar surface area (TPSA) is 40.6 Å². The lowest BCUT2D eigenvalue weighted by atomic mass is 10.2. The van der Waals surface area contributed by atoms with E-state index in [1.165, 1.54) is 6.92 Å². The van der Waals surface area contributed by atoms with Gasteiger partial charge in [-0.25, -0.2) is 0 Å². The van der Waals surface area contributed by atoms with Crippen LogP contribution in [0.5, 0.6) is 0 Å². The number of hydrogen-bond acceptors (Lipinski definition) is 2. The fraction of sp³-hybridized carbons (Fsp3) is 0.467. The second-order valence-corrected chi connectivity index (χ2v) is 5.38. The van der Waals surface area contributed by atoms with E-state index in [9.17, 15) is 9.59 Å². The van der Waals surface area contributed by atoms with Gasteiger partial charge in [0.05, 0.1) is 0 Å². The van der Waals surface area contributed by atoms with Crippen LogP contribution in [-0.2, 0) is 9.59 Å². The van der Waals surface area contributed by atoms with Gasteiger partial charge in [0.1, 0.15) is 0 Å². The highest BCUT2D eigenvalue weighted by Crippen LogP contribution is 2.20. The summed E-state index contributed by atoms with van der Waals surface area (Å²) in [6, 6.07) is 7.53. The molecule has 0 aliphatic rings. The lowest BCUT2D eigenvalue weighted by molar-refractivity contribution is -0.130. The van der Waals surface area contributed by atoms with Crippen LogP contribution in [0.25, 0.3) is 0 Å². The number of benzene rings is 1. The van der Waals surface area contributed by atoms with Gasteiger partial charge >= 0.3 is 0 Å². The van der Waals surface area contributed by atoms with Gasteiger partial charge in [-0.1, -0.05) is 22.0 Å². The summed E-state index contributed by atoms with van der Waals surface area (Å²) in [6.07, 6.45) is 0.341. The molecule has 0 saturated carbocycles. The first kappa shape index (κ1) is 16.7. The average molecular weight is 341 g/mol. The van der Waals surface area contributed by atoms with E-state index < -0.39 is 0 Å². The maximum atomic E-state index is 12.0. The number of halogens is 1. The highest BCUT2D eigenvalue weighted by Gasteiger charge is 2.16. The van der Waals surface area contributed by atoms with Crippen molar-refractivity contribution in [1.82, 2.24) is 4.90 Å². The van der Waals surface area contributed by atoms with Crippen molar-refractivity contribution < 1.29 is 9.59 Å². The minimum absolute atomic E-state index is 0.0598. The highest BCUT2D eigenvalue weighted by molar-refractivity contribution is 9.10. The Kier molecular flexibility index (Phi) is 6.71. The fourth-order valence-electron chi connectivity index (χ4n) is 2.05. The quantitative estimate of drug-likeness (QED) is 0.798. The maximum absolute atomic E-state index is 12.0. The second-order valence-electron chi connectivity index (χ2n) is 4.47. The van der Waals surface area contributed by atoms with Gasteiger partial charge < -0.3 is 9.80 Å². The van der Waals surface area contributed by atoms with Crippen molar-refractivity contribution in [2.75, 3.05) is 24.5 Å². The van der Waals surface area contributed by atoms with Crippen LogP contribution in [-0.4, -0.2) is 36.3 Å². The number of rotatable bonds is 6. The van der Waals surface area contributed by atoms with Crippen LogP contribution in [0.15, 0.2) is 28.7 Å². The molecule has 1 rings (SSSR count). The van der Waals surface area contributed by atoms with Crippen molar-refractivity contribution in [1.29, 1.82) is 0 Å². The predicted octanol–water partition coefficient (Wildman–Crippen LogP) is 3.06. The lowest BCUT2D eigenvalue weighted by Crippen LogP contribution is -2.36. The summed E-state index contributed by atoms with van der Waals surface area (Å²) in [4.78, 5) is 27.2. The zero-order chi connectivity index (χ0) is 15.1. The monoisotopic (exact) mass is 340 g/mol. The van der Waals surface area contributed by atoms with Crippen molar-refractivity contribution in [3.8, 4) is 0 Å². The van der Waals surface area contributed by atoms with Crippen LogP contribution in [0, 0.1) is 0 Å². The molecule has 0 N–H and O–H groups in total. The molecule has 20 heavy (non-hydrogen) atoms. The Labute approximate surface area is 128 Å². The van der Waals surface area contributed by atoms with Gasteiger partial charge in [-0.2, -0.15) is 0 Å². The molecule has 4 nitrogen and oxygen atoms in total. The van der Waals surface area contributed by atoms with E-state index in [0.717, 1.165) is 10.2 Å². The van der Waals surface area contributed by atoms with E-state index in [-0.39, 0.29) is 11.8 Å². The van der Waals surface area contributed by atoms with Crippen molar-refractivity contribution in [3.05, 3.63) is 28.7 Å². The summed E-state index contributed by atoms with van der Waals surface area (Å²) in [5, 5.41) is 0. The maximum Gasteiger partial charge on any atom is 0.224 e. The summed E-state index contributed by atoms with van der Waals surface area (Å²) < 4.78 is 0.913. The molecule has 0 radical (unpaired) electrons. The van der Waals surface area contributed by atoms with Crippen LogP contribution in [0.3, 0.4) is 0 Å². The van der Waals surface area contributed by atoms with E-state index in [4.69, 9.17) is 0 Å². The molecule has 0 fully saturated rings. The largest absolute Gasteiger partial charge is 0.343 e. The lowest BCUT2D eigenvalue weighted by Gasteiger charge is -2.24. The van der Waals surface area contributed by atoms with Gasteiger partial charge in [-0.05, 0) is 32.0 Å². The number of carbonyl (C=O) groups is 2. The standard InChI is InChI=1S/C15H21BrN2O2/c1-4-17(5-2)15(20)9-10-18(12(3)19)14-8-6-7-13(16)11-14/h6-8,11H,4-5,9-10H2,1-3H3. The molecule has 110 valence electrons. The SMILES string of the molecule is CCN(CC)C(=O)CCN(C(C)=O)c1cccc(Br)c1. The van der Waals surface area contributed by atoms with Crippen LogP contribution in [0.2, 0.25) is 0 Å². The zero-order valence-corrected chi connectivity index (χ0v) is 13.8. The molecule has 0 aromatic heterocycles. The Morgan fingerprint density at radius 3 is 2.35 bits per heavy atom. The number of anilines is 1. The number of amides is 2. The van der Waals surface area contributed by atoms with Crippen LogP contribution in [0.4, 0.5) is 5.69 Å². The number of nitrogens with zero attached hydrogens (tertiary/aromatic N) is 2. The Hall–Kier alpha value is -1.36. The molecule has 0 heterocycles. The van der Waals surface area contributed by atoms with Gasteiger partial charge in [0, 0.05) is 43.1 Å². The molecule has 1 aromatic carbocycles. The third-order valence-corrected chi connectivity index (χ3v) is 3.66. The molecule has 0 spiro atoms. The van der Waals surface area contributed by atoms with E-state index in [0.29, 0.717) is 26.1 Å². The summed E-state index contributed by atoms with van der Waals surface area (Å²) >= 11 is 3.39. The molecule has 1 aromatic rings.